The number of hydrogen-bond donors (Lipinski definition) is 2. The lowest BCUT2D eigenvalue weighted by molar-refractivity contribution is 0.317. The predicted molar refractivity (Wildman–Crippen MR) is 80.7 cm³/mol. The third kappa shape index (κ3) is 3.42. The molecule has 2 N–H and O–H groups in total. The Morgan fingerprint density at radius 3 is 2.85 bits per heavy atom. The van der Waals surface area contributed by atoms with Crippen molar-refractivity contribution in [2.24, 2.45) is 0 Å². The van der Waals surface area contributed by atoms with Crippen molar-refractivity contribution in [3.8, 4) is 11.5 Å². The number of phenolic OH excluding ortho intramolecular Hbond substituents is 1. The Labute approximate surface area is 125 Å². The van der Waals surface area contributed by atoms with Crippen molar-refractivity contribution in [2.75, 3.05) is 11.9 Å². The SMILES string of the molecule is CCOc1cccc(CNc2cc(Br)ccc2F)c1O. The Morgan fingerprint density at radius 1 is 1.30 bits per heavy atom. The third-order valence-electron chi connectivity index (χ3n) is 2.78. The zero-order valence-corrected chi connectivity index (χ0v) is 12.6. The maximum atomic E-state index is 13.6. The van der Waals surface area contributed by atoms with Crippen molar-refractivity contribution in [1.82, 2.24) is 0 Å². The minimum atomic E-state index is -0.339. The summed E-state index contributed by atoms with van der Waals surface area (Å²) >= 11 is 3.29. The topological polar surface area (TPSA) is 41.5 Å². The van der Waals surface area contributed by atoms with Gasteiger partial charge in [0.15, 0.2) is 11.5 Å². The van der Waals surface area contributed by atoms with Crippen LogP contribution in [0.5, 0.6) is 11.5 Å². The molecule has 2 rings (SSSR count). The molecule has 0 radical (unpaired) electrons. The van der Waals surface area contributed by atoms with Gasteiger partial charge in [-0.2, -0.15) is 0 Å². The van der Waals surface area contributed by atoms with Crippen LogP contribution >= 0.6 is 15.9 Å². The average molecular weight is 340 g/mol. The van der Waals surface area contributed by atoms with Gasteiger partial charge >= 0.3 is 0 Å². The first kappa shape index (κ1) is 14.7. The first-order chi connectivity index (χ1) is 9.61. The predicted octanol–water partition coefficient (Wildman–Crippen LogP) is 4.30. The van der Waals surface area contributed by atoms with E-state index in [0.717, 1.165) is 4.47 Å². The van der Waals surface area contributed by atoms with E-state index < -0.39 is 0 Å². The van der Waals surface area contributed by atoms with Gasteiger partial charge in [0, 0.05) is 16.6 Å². The van der Waals surface area contributed by atoms with Crippen LogP contribution in [0.2, 0.25) is 0 Å². The highest BCUT2D eigenvalue weighted by Crippen LogP contribution is 2.30. The average Bonchev–Trinajstić information content (AvgIpc) is 2.43. The van der Waals surface area contributed by atoms with Gasteiger partial charge in [-0.25, -0.2) is 4.39 Å². The molecule has 0 unspecified atom stereocenters. The minimum Gasteiger partial charge on any atom is -0.504 e. The fourth-order valence-electron chi connectivity index (χ4n) is 1.81. The van der Waals surface area contributed by atoms with Crippen LogP contribution in [-0.4, -0.2) is 11.7 Å². The molecule has 0 aliphatic rings. The summed E-state index contributed by atoms with van der Waals surface area (Å²) in [5, 5.41) is 13.0. The second-order valence-electron chi connectivity index (χ2n) is 4.17. The second-order valence-corrected chi connectivity index (χ2v) is 5.09. The van der Waals surface area contributed by atoms with Gasteiger partial charge < -0.3 is 15.2 Å². The molecule has 0 aromatic heterocycles. The summed E-state index contributed by atoms with van der Waals surface area (Å²) in [5.74, 6) is 0.174. The maximum absolute atomic E-state index is 13.6. The molecule has 0 bridgehead atoms. The molecule has 0 heterocycles. The van der Waals surface area contributed by atoms with Crippen LogP contribution in [0.1, 0.15) is 12.5 Å². The van der Waals surface area contributed by atoms with Crippen molar-refractivity contribution < 1.29 is 14.2 Å². The molecule has 2 aromatic rings. The highest BCUT2D eigenvalue weighted by atomic mass is 79.9. The molecular formula is C15H15BrFNO2. The summed E-state index contributed by atoms with van der Waals surface area (Å²) in [4.78, 5) is 0. The molecule has 0 amide bonds. The molecule has 20 heavy (non-hydrogen) atoms. The highest BCUT2D eigenvalue weighted by Gasteiger charge is 2.09. The summed E-state index contributed by atoms with van der Waals surface area (Å²) in [6.45, 7) is 2.63. The monoisotopic (exact) mass is 339 g/mol. The number of halogens is 2. The van der Waals surface area contributed by atoms with E-state index in [4.69, 9.17) is 4.74 Å². The molecule has 0 fully saturated rings. The van der Waals surface area contributed by atoms with Crippen LogP contribution in [0.3, 0.4) is 0 Å². The molecule has 0 spiro atoms. The molecule has 3 nitrogen and oxygen atoms in total. The van der Waals surface area contributed by atoms with E-state index in [2.05, 4.69) is 21.2 Å². The van der Waals surface area contributed by atoms with E-state index >= 15 is 0 Å². The Morgan fingerprint density at radius 2 is 2.10 bits per heavy atom. The lowest BCUT2D eigenvalue weighted by Gasteiger charge is -2.12. The largest absolute Gasteiger partial charge is 0.504 e. The van der Waals surface area contributed by atoms with Gasteiger partial charge in [-0.15, -0.1) is 0 Å². The Balaban J connectivity index is 2.14. The fraction of sp³-hybridized carbons (Fsp3) is 0.200. The van der Waals surface area contributed by atoms with Gasteiger partial charge in [-0.05, 0) is 31.2 Å². The standard InChI is InChI=1S/C15H15BrFNO2/c1-2-20-14-5-3-4-10(15(14)19)9-18-13-8-11(16)6-7-12(13)17/h3-8,18-19H,2,9H2,1H3. The molecule has 0 atom stereocenters. The van der Waals surface area contributed by atoms with Crippen molar-refractivity contribution in [2.45, 2.75) is 13.5 Å². The van der Waals surface area contributed by atoms with E-state index in [1.807, 2.05) is 6.92 Å². The van der Waals surface area contributed by atoms with E-state index in [1.54, 1.807) is 30.3 Å². The van der Waals surface area contributed by atoms with Gasteiger partial charge in [-0.1, -0.05) is 28.1 Å². The van der Waals surface area contributed by atoms with Gasteiger partial charge in [0.1, 0.15) is 5.82 Å². The zero-order chi connectivity index (χ0) is 14.5. The molecule has 5 heteroatoms. The van der Waals surface area contributed by atoms with Crippen molar-refractivity contribution in [3.05, 3.63) is 52.3 Å². The number of phenols is 1. The number of hydrogen-bond acceptors (Lipinski definition) is 3. The summed E-state index contributed by atoms with van der Waals surface area (Å²) in [6, 6.07) is 9.91. The Kier molecular flexibility index (Phi) is 4.84. The number of nitrogens with one attached hydrogen (secondary N) is 1. The van der Waals surface area contributed by atoms with Crippen LogP contribution in [-0.2, 0) is 6.54 Å². The first-order valence-electron chi connectivity index (χ1n) is 6.24. The van der Waals surface area contributed by atoms with Crippen LogP contribution in [0.15, 0.2) is 40.9 Å². The lowest BCUT2D eigenvalue weighted by Crippen LogP contribution is -2.02. The minimum absolute atomic E-state index is 0.0808. The lowest BCUT2D eigenvalue weighted by atomic mass is 10.1. The number of benzene rings is 2. The summed E-state index contributed by atoms with van der Waals surface area (Å²) < 4.78 is 19.7. The van der Waals surface area contributed by atoms with E-state index in [9.17, 15) is 9.50 Å². The van der Waals surface area contributed by atoms with Gasteiger partial charge in [0.25, 0.3) is 0 Å². The summed E-state index contributed by atoms with van der Waals surface area (Å²) in [5.41, 5.74) is 1.02. The molecule has 0 saturated carbocycles. The van der Waals surface area contributed by atoms with Crippen LogP contribution in [0, 0.1) is 5.82 Å². The van der Waals surface area contributed by atoms with Crippen molar-refractivity contribution >= 4 is 21.6 Å². The summed E-state index contributed by atoms with van der Waals surface area (Å²) in [6.07, 6.45) is 0. The number of aromatic hydroxyl groups is 1. The smallest absolute Gasteiger partial charge is 0.162 e. The van der Waals surface area contributed by atoms with E-state index in [-0.39, 0.29) is 11.6 Å². The van der Waals surface area contributed by atoms with Gasteiger partial charge in [-0.3, -0.25) is 0 Å². The van der Waals surface area contributed by atoms with Gasteiger partial charge in [0.05, 0.1) is 12.3 Å². The molecule has 0 aliphatic carbocycles. The van der Waals surface area contributed by atoms with E-state index in [1.165, 1.54) is 6.07 Å². The molecule has 0 aliphatic heterocycles. The zero-order valence-electron chi connectivity index (χ0n) is 11.0. The Hall–Kier alpha value is -1.75. The first-order valence-corrected chi connectivity index (χ1v) is 7.03. The van der Waals surface area contributed by atoms with Gasteiger partial charge in [0.2, 0.25) is 0 Å². The maximum Gasteiger partial charge on any atom is 0.162 e. The van der Waals surface area contributed by atoms with E-state index in [0.29, 0.717) is 30.2 Å². The molecular weight excluding hydrogens is 325 g/mol. The second kappa shape index (κ2) is 6.61. The molecule has 106 valence electrons. The number of ether oxygens (including phenoxy) is 1. The third-order valence-corrected chi connectivity index (χ3v) is 3.27. The summed E-state index contributed by atoms with van der Waals surface area (Å²) in [7, 11) is 0. The molecule has 0 saturated heterocycles. The van der Waals surface area contributed by atoms with Crippen molar-refractivity contribution in [3.63, 3.8) is 0 Å². The van der Waals surface area contributed by atoms with Crippen LogP contribution in [0.25, 0.3) is 0 Å². The number of rotatable bonds is 5. The number of para-hydroxylation sites is 1. The number of anilines is 1. The van der Waals surface area contributed by atoms with Crippen LogP contribution < -0.4 is 10.1 Å². The quantitative estimate of drug-likeness (QED) is 0.853. The Bertz CT molecular complexity index is 604. The highest BCUT2D eigenvalue weighted by molar-refractivity contribution is 9.10. The van der Waals surface area contributed by atoms with Crippen molar-refractivity contribution in [1.29, 1.82) is 0 Å². The normalized spacial score (nSPS) is 10.3. The fourth-order valence-corrected chi connectivity index (χ4v) is 2.17. The van der Waals surface area contributed by atoms with Crippen LogP contribution in [0.4, 0.5) is 10.1 Å². The molecule has 2 aromatic carbocycles.